The summed E-state index contributed by atoms with van der Waals surface area (Å²) in [7, 11) is 0. The number of hydrogen-bond donors (Lipinski definition) is 1. The molecule has 2 heterocycles. The van der Waals surface area contributed by atoms with E-state index in [9.17, 15) is 0 Å². The summed E-state index contributed by atoms with van der Waals surface area (Å²) in [5, 5.41) is 4.43. The van der Waals surface area contributed by atoms with Gasteiger partial charge < -0.3 is 10.5 Å². The maximum Gasteiger partial charge on any atom is 0.151 e. The summed E-state index contributed by atoms with van der Waals surface area (Å²) in [4.78, 5) is 0. The molecule has 0 fully saturated rings. The average molecular weight is 308 g/mol. The monoisotopic (exact) mass is 307 g/mol. The normalized spacial score (nSPS) is 14.6. The highest BCUT2D eigenvalue weighted by Gasteiger charge is 2.20. The van der Waals surface area contributed by atoms with E-state index in [1.807, 2.05) is 4.68 Å². The lowest BCUT2D eigenvalue weighted by molar-refractivity contribution is 0.110. The summed E-state index contributed by atoms with van der Waals surface area (Å²) in [5.41, 5.74) is 10.4. The van der Waals surface area contributed by atoms with Crippen LogP contribution in [0.25, 0.3) is 5.69 Å². The third-order valence-corrected chi connectivity index (χ3v) is 4.10. The number of aryl methyl sites for hydroxylation is 1. The topological polar surface area (TPSA) is 53.1 Å². The minimum atomic E-state index is 0.564. The molecule has 2 aromatic rings. The van der Waals surface area contributed by atoms with Crippen molar-refractivity contribution in [2.45, 2.75) is 20.0 Å². The smallest absolute Gasteiger partial charge is 0.151 e. The average Bonchev–Trinajstić information content (AvgIpc) is 2.71. The number of nitrogen functional groups attached to an aromatic ring is 1. The number of anilines is 1. The number of nitrogens with zero attached hydrogens (tertiary/aromatic N) is 2. The van der Waals surface area contributed by atoms with E-state index in [2.05, 4.69) is 46.2 Å². The zero-order chi connectivity index (χ0) is 12.7. The van der Waals surface area contributed by atoms with Crippen LogP contribution in [0.15, 0.2) is 22.7 Å². The number of aromatic nitrogens is 2. The van der Waals surface area contributed by atoms with E-state index in [4.69, 9.17) is 10.5 Å². The molecule has 0 atom stereocenters. The minimum absolute atomic E-state index is 0.564. The highest BCUT2D eigenvalue weighted by molar-refractivity contribution is 9.10. The van der Waals surface area contributed by atoms with Gasteiger partial charge in [0.15, 0.2) is 5.82 Å². The fourth-order valence-corrected chi connectivity index (χ4v) is 2.56. The van der Waals surface area contributed by atoms with E-state index < -0.39 is 0 Å². The number of ether oxygens (including phenoxy) is 1. The summed E-state index contributed by atoms with van der Waals surface area (Å²) < 4.78 is 8.43. The van der Waals surface area contributed by atoms with Gasteiger partial charge in [0.1, 0.15) is 0 Å². The van der Waals surface area contributed by atoms with Crippen LogP contribution < -0.4 is 5.73 Å². The van der Waals surface area contributed by atoms with Crippen molar-refractivity contribution in [3.8, 4) is 5.69 Å². The molecule has 0 bridgehead atoms. The number of fused-ring (bicyclic) bond motifs is 1. The van der Waals surface area contributed by atoms with Crippen LogP contribution in [0, 0.1) is 6.92 Å². The molecule has 0 amide bonds. The van der Waals surface area contributed by atoms with E-state index in [-0.39, 0.29) is 0 Å². The van der Waals surface area contributed by atoms with Gasteiger partial charge in [0, 0.05) is 16.5 Å². The zero-order valence-corrected chi connectivity index (χ0v) is 11.7. The predicted molar refractivity (Wildman–Crippen MR) is 73.8 cm³/mol. The Labute approximate surface area is 114 Å². The van der Waals surface area contributed by atoms with Crippen molar-refractivity contribution in [2.75, 3.05) is 12.3 Å². The van der Waals surface area contributed by atoms with Crippen molar-refractivity contribution in [2.24, 2.45) is 0 Å². The third-order valence-electron chi connectivity index (χ3n) is 3.25. The van der Waals surface area contributed by atoms with Gasteiger partial charge in [0.25, 0.3) is 0 Å². The van der Waals surface area contributed by atoms with Crippen LogP contribution in [0.5, 0.6) is 0 Å². The maximum atomic E-state index is 5.94. The highest BCUT2D eigenvalue weighted by atomic mass is 79.9. The number of nitrogens with two attached hydrogens (primary N) is 1. The molecule has 2 N–H and O–H groups in total. The largest absolute Gasteiger partial charge is 0.382 e. The quantitative estimate of drug-likeness (QED) is 0.881. The number of halogens is 1. The van der Waals surface area contributed by atoms with Gasteiger partial charge in [0.2, 0.25) is 0 Å². The molecule has 1 aromatic carbocycles. The van der Waals surface area contributed by atoms with E-state index in [1.165, 1.54) is 5.56 Å². The Hall–Kier alpha value is -1.33. The molecule has 94 valence electrons. The molecule has 18 heavy (non-hydrogen) atoms. The molecule has 0 saturated carbocycles. The van der Waals surface area contributed by atoms with Crippen LogP contribution in [0.4, 0.5) is 5.82 Å². The molecule has 1 aromatic heterocycles. The van der Waals surface area contributed by atoms with Crippen LogP contribution in [-0.4, -0.2) is 16.4 Å². The van der Waals surface area contributed by atoms with E-state index >= 15 is 0 Å². The lowest BCUT2D eigenvalue weighted by Gasteiger charge is -2.15. The molecule has 0 radical (unpaired) electrons. The molecular formula is C13H14BrN3O. The molecule has 0 spiro atoms. The van der Waals surface area contributed by atoms with Gasteiger partial charge in [-0.2, -0.15) is 5.10 Å². The van der Waals surface area contributed by atoms with Crippen LogP contribution >= 0.6 is 15.9 Å². The van der Waals surface area contributed by atoms with E-state index in [0.717, 1.165) is 34.4 Å². The van der Waals surface area contributed by atoms with Crippen LogP contribution in [0.3, 0.4) is 0 Å². The van der Waals surface area contributed by atoms with Gasteiger partial charge in [-0.3, -0.25) is 0 Å². The first-order chi connectivity index (χ1) is 8.66. The van der Waals surface area contributed by atoms with Gasteiger partial charge in [-0.1, -0.05) is 22.0 Å². The molecule has 5 heteroatoms. The molecule has 0 aliphatic carbocycles. The third kappa shape index (κ3) is 1.83. The Morgan fingerprint density at radius 1 is 1.44 bits per heavy atom. The Morgan fingerprint density at radius 3 is 3.06 bits per heavy atom. The lowest BCUT2D eigenvalue weighted by Crippen LogP contribution is -2.13. The summed E-state index contributed by atoms with van der Waals surface area (Å²) in [6.45, 7) is 3.36. The SMILES string of the molecule is Cc1ccc(-n2nc(N)c3c2CCOC3)cc1Br. The van der Waals surface area contributed by atoms with E-state index in [1.54, 1.807) is 0 Å². The second-order valence-electron chi connectivity index (χ2n) is 4.46. The first kappa shape index (κ1) is 11.7. The van der Waals surface area contributed by atoms with Crippen molar-refractivity contribution >= 4 is 21.7 Å². The van der Waals surface area contributed by atoms with Crippen molar-refractivity contribution in [3.05, 3.63) is 39.5 Å². The minimum Gasteiger partial charge on any atom is -0.382 e. The Bertz CT molecular complexity index is 607. The second kappa shape index (κ2) is 4.40. The summed E-state index contributed by atoms with van der Waals surface area (Å²) in [6, 6.07) is 6.20. The summed E-state index contributed by atoms with van der Waals surface area (Å²) in [5.74, 6) is 0.571. The Morgan fingerprint density at radius 2 is 2.28 bits per heavy atom. The molecule has 1 aliphatic heterocycles. The number of hydrogen-bond acceptors (Lipinski definition) is 3. The Balaban J connectivity index is 2.14. The van der Waals surface area contributed by atoms with Crippen molar-refractivity contribution in [3.63, 3.8) is 0 Å². The number of benzene rings is 1. The number of rotatable bonds is 1. The van der Waals surface area contributed by atoms with Gasteiger partial charge in [-0.15, -0.1) is 0 Å². The van der Waals surface area contributed by atoms with Gasteiger partial charge in [0.05, 0.1) is 24.6 Å². The highest BCUT2D eigenvalue weighted by Crippen LogP contribution is 2.27. The lowest BCUT2D eigenvalue weighted by atomic mass is 10.1. The molecule has 3 rings (SSSR count). The van der Waals surface area contributed by atoms with Crippen LogP contribution in [0.1, 0.15) is 16.8 Å². The fourth-order valence-electron chi connectivity index (χ4n) is 2.19. The molecular weight excluding hydrogens is 294 g/mol. The zero-order valence-electron chi connectivity index (χ0n) is 10.1. The molecule has 0 saturated heterocycles. The fraction of sp³-hybridized carbons (Fsp3) is 0.308. The molecule has 4 nitrogen and oxygen atoms in total. The van der Waals surface area contributed by atoms with Crippen molar-refractivity contribution in [1.82, 2.24) is 9.78 Å². The van der Waals surface area contributed by atoms with Gasteiger partial charge in [-0.05, 0) is 24.6 Å². The van der Waals surface area contributed by atoms with Crippen LogP contribution in [0.2, 0.25) is 0 Å². The van der Waals surface area contributed by atoms with Crippen molar-refractivity contribution < 1.29 is 4.74 Å². The first-order valence-electron chi connectivity index (χ1n) is 5.87. The second-order valence-corrected chi connectivity index (χ2v) is 5.31. The molecule has 1 aliphatic rings. The van der Waals surface area contributed by atoms with Crippen LogP contribution in [-0.2, 0) is 17.8 Å². The van der Waals surface area contributed by atoms with Gasteiger partial charge in [-0.25, -0.2) is 4.68 Å². The summed E-state index contributed by atoms with van der Waals surface area (Å²) >= 11 is 3.55. The summed E-state index contributed by atoms with van der Waals surface area (Å²) in [6.07, 6.45) is 0.852. The molecule has 0 unspecified atom stereocenters. The van der Waals surface area contributed by atoms with E-state index in [0.29, 0.717) is 12.4 Å². The van der Waals surface area contributed by atoms with Gasteiger partial charge >= 0.3 is 0 Å². The maximum absolute atomic E-state index is 5.94. The predicted octanol–water partition coefficient (Wildman–Crippen LogP) is 2.60. The Kier molecular flexibility index (Phi) is 2.87. The van der Waals surface area contributed by atoms with Crippen molar-refractivity contribution in [1.29, 1.82) is 0 Å². The first-order valence-corrected chi connectivity index (χ1v) is 6.66. The standard InChI is InChI=1S/C13H14BrN3O/c1-8-2-3-9(6-11(8)14)17-12-4-5-18-7-10(12)13(15)16-17/h2-3,6H,4-5,7H2,1H3,(H2,15,16).